The number of Topliss-reactive ketones (excluding diaryl/α,β-unsaturated/α-hetero) is 1. The van der Waals surface area contributed by atoms with Gasteiger partial charge in [0.2, 0.25) is 17.3 Å². The number of rotatable bonds is 5. The van der Waals surface area contributed by atoms with Gasteiger partial charge in [-0.15, -0.1) is 0 Å². The van der Waals surface area contributed by atoms with Gasteiger partial charge in [-0.1, -0.05) is 45.7 Å². The molecule has 2 atom stereocenters. The maximum atomic E-state index is 17.0. The fourth-order valence-corrected chi connectivity index (χ4v) is 4.86. The zero-order chi connectivity index (χ0) is 24.1. The number of hydrogen-bond acceptors (Lipinski definition) is 6. The third-order valence-electron chi connectivity index (χ3n) is 6.18. The number of nitrogens with one attached hydrogen (secondary N) is 1. The van der Waals surface area contributed by atoms with Crippen LogP contribution < -0.4 is 5.32 Å². The lowest BCUT2D eigenvalue weighted by atomic mass is 9.89. The molecule has 0 saturated heterocycles. The van der Waals surface area contributed by atoms with Crippen molar-refractivity contribution in [2.75, 3.05) is 0 Å². The quantitative estimate of drug-likeness (QED) is 0.358. The van der Waals surface area contributed by atoms with Crippen LogP contribution in [0.15, 0.2) is 65.3 Å². The average Bonchev–Trinajstić information content (AvgIpc) is 3.07. The first kappa shape index (κ1) is 23.1. The number of pyridine rings is 1. The van der Waals surface area contributed by atoms with Gasteiger partial charge < -0.3 is 9.84 Å². The summed E-state index contributed by atoms with van der Waals surface area (Å²) >= 11 is 9.43. The van der Waals surface area contributed by atoms with Crippen molar-refractivity contribution in [2.45, 2.75) is 36.6 Å². The number of benzene rings is 2. The van der Waals surface area contributed by atoms with Crippen molar-refractivity contribution in [1.82, 2.24) is 10.3 Å². The van der Waals surface area contributed by atoms with Crippen molar-refractivity contribution in [1.29, 1.82) is 5.26 Å². The molecule has 1 aromatic heterocycles. The van der Waals surface area contributed by atoms with Crippen LogP contribution in [-0.4, -0.2) is 28.1 Å². The second-order valence-corrected chi connectivity index (χ2v) is 9.75. The normalized spacial score (nSPS) is 27.5. The smallest absolute Gasteiger partial charge is 0.232 e. The van der Waals surface area contributed by atoms with E-state index >= 15 is 4.39 Å². The lowest BCUT2D eigenvalue weighted by Gasteiger charge is -2.40. The number of alkyl halides is 1. The van der Waals surface area contributed by atoms with Crippen molar-refractivity contribution < 1.29 is 19.0 Å². The van der Waals surface area contributed by atoms with Crippen LogP contribution in [0, 0.1) is 11.3 Å². The third kappa shape index (κ3) is 3.74. The zero-order valence-electron chi connectivity index (χ0n) is 17.6. The molecule has 6 nitrogen and oxygen atoms in total. The van der Waals surface area contributed by atoms with Crippen LogP contribution in [0.1, 0.15) is 45.6 Å². The molecule has 34 heavy (non-hydrogen) atoms. The summed E-state index contributed by atoms with van der Waals surface area (Å²) in [5.41, 5.74) is -0.831. The van der Waals surface area contributed by atoms with E-state index in [9.17, 15) is 9.90 Å². The molecule has 0 amide bonds. The number of halogens is 3. The molecule has 2 N–H and O–H groups in total. The standard InChI is InChI=1S/C25H18BrClFN3O3/c26-16-4-7-20-21(9-16)24(28,15-2-5-17(27)6-3-15)31-25(20,34-19-10-18(32)11-19)23(33)22-8-1-14(12-29)13-30-22/h1-9,13,18-19,31-32H,10-11H2. The number of carbonyl (C=O) groups is 1. The number of ether oxygens (including phenoxy) is 1. The summed E-state index contributed by atoms with van der Waals surface area (Å²) in [6, 6.07) is 16.1. The number of aliphatic hydroxyl groups excluding tert-OH is 1. The van der Waals surface area contributed by atoms with Gasteiger partial charge in [0.05, 0.1) is 17.8 Å². The Balaban J connectivity index is 1.68. The molecular formula is C25H18BrClFN3O3. The monoisotopic (exact) mass is 541 g/mol. The first-order valence-electron chi connectivity index (χ1n) is 10.6. The number of aromatic nitrogens is 1. The Morgan fingerprint density at radius 3 is 2.56 bits per heavy atom. The molecule has 1 aliphatic heterocycles. The van der Waals surface area contributed by atoms with E-state index in [1.807, 2.05) is 6.07 Å². The van der Waals surface area contributed by atoms with E-state index in [0.29, 0.717) is 33.5 Å². The predicted octanol–water partition coefficient (Wildman–Crippen LogP) is 4.72. The first-order valence-corrected chi connectivity index (χ1v) is 11.7. The fourth-order valence-electron chi connectivity index (χ4n) is 4.38. The van der Waals surface area contributed by atoms with Gasteiger partial charge in [0.1, 0.15) is 11.8 Å². The summed E-state index contributed by atoms with van der Waals surface area (Å²) < 4.78 is 23.9. The Morgan fingerprint density at radius 2 is 1.94 bits per heavy atom. The van der Waals surface area contributed by atoms with Gasteiger partial charge in [-0.05, 0) is 49.2 Å². The summed E-state index contributed by atoms with van der Waals surface area (Å²) in [6.07, 6.45) is 0.928. The lowest BCUT2D eigenvalue weighted by molar-refractivity contribution is -0.158. The molecule has 3 aromatic rings. The van der Waals surface area contributed by atoms with E-state index in [-0.39, 0.29) is 16.8 Å². The van der Waals surface area contributed by atoms with Crippen molar-refractivity contribution in [2.24, 2.45) is 0 Å². The van der Waals surface area contributed by atoms with E-state index in [0.717, 1.165) is 0 Å². The molecule has 2 aromatic carbocycles. The second-order valence-electron chi connectivity index (χ2n) is 8.40. The zero-order valence-corrected chi connectivity index (χ0v) is 20.0. The summed E-state index contributed by atoms with van der Waals surface area (Å²) in [5.74, 6) is -2.88. The highest BCUT2D eigenvalue weighted by atomic mass is 79.9. The van der Waals surface area contributed by atoms with Gasteiger partial charge in [-0.3, -0.25) is 9.78 Å². The Labute approximate surface area is 208 Å². The van der Waals surface area contributed by atoms with Crippen molar-refractivity contribution in [3.05, 3.63) is 98.2 Å². The van der Waals surface area contributed by atoms with Crippen molar-refractivity contribution >= 4 is 33.3 Å². The highest BCUT2D eigenvalue weighted by Crippen LogP contribution is 2.50. The molecule has 1 fully saturated rings. The van der Waals surface area contributed by atoms with Crippen LogP contribution in [0.4, 0.5) is 4.39 Å². The number of carbonyl (C=O) groups excluding carboxylic acids is 1. The van der Waals surface area contributed by atoms with Gasteiger partial charge >= 0.3 is 0 Å². The van der Waals surface area contributed by atoms with E-state index < -0.39 is 29.5 Å². The number of fused-ring (bicyclic) bond motifs is 1. The minimum absolute atomic E-state index is 0.0144. The van der Waals surface area contributed by atoms with Crippen LogP contribution in [-0.2, 0) is 16.3 Å². The second kappa shape index (κ2) is 8.52. The van der Waals surface area contributed by atoms with Crippen LogP contribution in [0.3, 0.4) is 0 Å². The molecule has 9 heteroatoms. The molecule has 1 saturated carbocycles. The summed E-state index contributed by atoms with van der Waals surface area (Å²) in [7, 11) is 0. The van der Waals surface area contributed by atoms with Crippen molar-refractivity contribution in [3.8, 4) is 6.07 Å². The number of hydrogen-bond donors (Lipinski definition) is 2. The number of aliphatic hydroxyl groups is 1. The highest BCUT2D eigenvalue weighted by molar-refractivity contribution is 9.10. The van der Waals surface area contributed by atoms with Gasteiger partial charge in [0, 0.05) is 32.4 Å². The minimum atomic E-state index is -2.28. The number of nitrogens with zero attached hydrogens (tertiary/aromatic N) is 2. The summed E-state index contributed by atoms with van der Waals surface area (Å²) in [5, 5.41) is 22.2. The van der Waals surface area contributed by atoms with Gasteiger partial charge in [-0.2, -0.15) is 5.26 Å². The van der Waals surface area contributed by atoms with E-state index in [1.165, 1.54) is 18.3 Å². The van der Waals surface area contributed by atoms with Crippen molar-refractivity contribution in [3.63, 3.8) is 0 Å². The Morgan fingerprint density at radius 1 is 1.21 bits per heavy atom. The SMILES string of the molecule is N#Cc1ccc(C(=O)C2(OC3CC(O)C3)NC(F)(c3ccc(Cl)cc3)c3cc(Br)ccc32)nc1. The number of nitriles is 1. The number of ketones is 1. The minimum Gasteiger partial charge on any atom is -0.393 e. The van der Waals surface area contributed by atoms with E-state index in [2.05, 4.69) is 26.2 Å². The van der Waals surface area contributed by atoms with Gasteiger partial charge in [-0.25, -0.2) is 9.71 Å². The maximum absolute atomic E-state index is 17.0. The largest absolute Gasteiger partial charge is 0.393 e. The molecule has 5 rings (SSSR count). The lowest BCUT2D eigenvalue weighted by Crippen LogP contribution is -2.56. The van der Waals surface area contributed by atoms with Crippen LogP contribution in [0.2, 0.25) is 5.02 Å². The molecule has 1 aliphatic carbocycles. The molecule has 2 unspecified atom stereocenters. The Kier molecular flexibility index (Phi) is 5.79. The molecule has 0 bridgehead atoms. The Hall–Kier alpha value is -2.67. The highest BCUT2D eigenvalue weighted by Gasteiger charge is 2.60. The van der Waals surface area contributed by atoms with E-state index in [4.69, 9.17) is 21.6 Å². The molecule has 0 radical (unpaired) electrons. The van der Waals surface area contributed by atoms with Crippen LogP contribution >= 0.6 is 27.5 Å². The average molecular weight is 543 g/mol. The summed E-state index contributed by atoms with van der Waals surface area (Å²) in [4.78, 5) is 18.1. The van der Waals surface area contributed by atoms with Crippen LogP contribution in [0.25, 0.3) is 0 Å². The molecule has 172 valence electrons. The molecule has 2 heterocycles. The fraction of sp³-hybridized carbons (Fsp3) is 0.240. The predicted molar refractivity (Wildman–Crippen MR) is 126 cm³/mol. The Bertz CT molecular complexity index is 1310. The van der Waals surface area contributed by atoms with Gasteiger partial charge in [0.15, 0.2) is 0 Å². The topological polar surface area (TPSA) is 95.2 Å². The first-order chi connectivity index (χ1) is 16.2. The molecule has 0 spiro atoms. The summed E-state index contributed by atoms with van der Waals surface area (Å²) in [6.45, 7) is 0. The molecule has 2 aliphatic rings. The van der Waals surface area contributed by atoms with E-state index in [1.54, 1.807) is 42.5 Å². The third-order valence-corrected chi connectivity index (χ3v) is 6.93. The van der Waals surface area contributed by atoms with Gasteiger partial charge in [0.25, 0.3) is 0 Å². The maximum Gasteiger partial charge on any atom is 0.232 e. The molecular weight excluding hydrogens is 525 g/mol. The van der Waals surface area contributed by atoms with Crippen LogP contribution in [0.5, 0.6) is 0 Å².